The Hall–Kier alpha value is -0.360. The first-order chi connectivity index (χ1) is 8.66. The van der Waals surface area contributed by atoms with Crippen LogP contribution in [0.3, 0.4) is 0 Å². The van der Waals surface area contributed by atoms with Crippen molar-refractivity contribution in [2.75, 3.05) is 18.1 Å². The van der Waals surface area contributed by atoms with Gasteiger partial charge in [0, 0.05) is 16.4 Å². The lowest BCUT2D eigenvalue weighted by Gasteiger charge is -2.20. The fraction of sp³-hybridized carbons (Fsp3) is 0.500. The maximum atomic E-state index is 6.29. The summed E-state index contributed by atoms with van der Waals surface area (Å²) < 4.78 is 5.71. The van der Waals surface area contributed by atoms with Crippen molar-refractivity contribution in [3.05, 3.63) is 21.4 Å². The summed E-state index contributed by atoms with van der Waals surface area (Å²) in [6, 6.07) is 0. The molecule has 1 saturated heterocycles. The predicted octanol–water partition coefficient (Wildman–Crippen LogP) is 3.77. The quantitative estimate of drug-likeness (QED) is 0.751. The molecule has 0 saturated carbocycles. The molecule has 1 atom stereocenters. The third-order valence-corrected chi connectivity index (χ3v) is 5.47. The predicted molar refractivity (Wildman–Crippen MR) is 77.9 cm³/mol. The van der Waals surface area contributed by atoms with Gasteiger partial charge in [-0.15, -0.1) is 11.3 Å². The van der Waals surface area contributed by atoms with Gasteiger partial charge in [0.05, 0.1) is 12.0 Å². The zero-order valence-corrected chi connectivity index (χ0v) is 12.6. The normalized spacial score (nSPS) is 20.5. The van der Waals surface area contributed by atoms with E-state index in [0.29, 0.717) is 5.15 Å². The van der Waals surface area contributed by atoms with E-state index in [-0.39, 0.29) is 6.10 Å². The minimum Gasteiger partial charge on any atom is -0.368 e. The van der Waals surface area contributed by atoms with Gasteiger partial charge < -0.3 is 4.74 Å². The van der Waals surface area contributed by atoms with Gasteiger partial charge in [-0.2, -0.15) is 11.8 Å². The van der Waals surface area contributed by atoms with Crippen LogP contribution in [0.25, 0.3) is 10.2 Å². The molecule has 1 aliphatic rings. The molecule has 1 aliphatic heterocycles. The largest absolute Gasteiger partial charge is 0.368 e. The number of hydrogen-bond donors (Lipinski definition) is 0. The van der Waals surface area contributed by atoms with Crippen LogP contribution in [0.4, 0.5) is 0 Å². The van der Waals surface area contributed by atoms with Crippen molar-refractivity contribution >= 4 is 44.9 Å². The third kappa shape index (κ3) is 2.13. The molecule has 3 rings (SSSR count). The van der Waals surface area contributed by atoms with Gasteiger partial charge >= 0.3 is 0 Å². The summed E-state index contributed by atoms with van der Waals surface area (Å²) in [6.45, 7) is 4.91. The molecule has 2 aromatic heterocycles. The molecule has 0 spiro atoms. The lowest BCUT2D eigenvalue weighted by Crippen LogP contribution is -2.18. The molecule has 18 heavy (non-hydrogen) atoms. The number of aromatic nitrogens is 2. The van der Waals surface area contributed by atoms with Crippen molar-refractivity contribution in [1.29, 1.82) is 0 Å². The maximum Gasteiger partial charge on any atom is 0.161 e. The smallest absolute Gasteiger partial charge is 0.161 e. The molecule has 1 fully saturated rings. The van der Waals surface area contributed by atoms with Crippen LogP contribution in [-0.4, -0.2) is 28.1 Å². The van der Waals surface area contributed by atoms with Crippen LogP contribution in [0.5, 0.6) is 0 Å². The Morgan fingerprint density at radius 1 is 1.33 bits per heavy atom. The zero-order chi connectivity index (χ0) is 12.7. The number of thiophene rings is 1. The lowest BCUT2D eigenvalue weighted by molar-refractivity contribution is 0.0697. The average molecular weight is 301 g/mol. The van der Waals surface area contributed by atoms with Gasteiger partial charge in [-0.05, 0) is 19.4 Å². The second kappa shape index (κ2) is 4.96. The molecule has 0 N–H and O–H groups in total. The topological polar surface area (TPSA) is 35.0 Å². The highest BCUT2D eigenvalue weighted by Gasteiger charge is 2.22. The molecular formula is C12H13ClN2OS2. The van der Waals surface area contributed by atoms with Crippen molar-refractivity contribution < 1.29 is 4.74 Å². The fourth-order valence-corrected chi connectivity index (χ4v) is 4.25. The first-order valence-electron chi connectivity index (χ1n) is 5.79. The molecular weight excluding hydrogens is 288 g/mol. The van der Waals surface area contributed by atoms with Gasteiger partial charge in [-0.25, -0.2) is 9.97 Å². The Kier molecular flexibility index (Phi) is 3.49. The van der Waals surface area contributed by atoms with E-state index >= 15 is 0 Å². The van der Waals surface area contributed by atoms with E-state index in [1.807, 2.05) is 11.8 Å². The number of fused-ring (bicyclic) bond motifs is 1. The van der Waals surface area contributed by atoms with E-state index in [9.17, 15) is 0 Å². The summed E-state index contributed by atoms with van der Waals surface area (Å²) in [5, 5.41) is 1.54. The van der Waals surface area contributed by atoms with Crippen LogP contribution in [-0.2, 0) is 4.74 Å². The van der Waals surface area contributed by atoms with E-state index < -0.39 is 0 Å². The van der Waals surface area contributed by atoms with Crippen LogP contribution in [0.2, 0.25) is 5.15 Å². The number of nitrogens with zero attached hydrogens (tertiary/aromatic N) is 2. The summed E-state index contributed by atoms with van der Waals surface area (Å²) in [4.78, 5) is 11.3. The second-order valence-corrected chi connectivity index (χ2v) is 6.98. The van der Waals surface area contributed by atoms with Crippen LogP contribution >= 0.6 is 34.7 Å². The Morgan fingerprint density at radius 3 is 2.89 bits per heavy atom. The minimum atomic E-state index is -0.0200. The number of halogens is 1. The molecule has 0 bridgehead atoms. The molecule has 6 heteroatoms. The van der Waals surface area contributed by atoms with Gasteiger partial charge in [-0.3, -0.25) is 0 Å². The maximum absolute atomic E-state index is 6.29. The fourth-order valence-electron chi connectivity index (χ4n) is 2.00. The van der Waals surface area contributed by atoms with Gasteiger partial charge in [-0.1, -0.05) is 11.6 Å². The molecule has 0 radical (unpaired) electrons. The van der Waals surface area contributed by atoms with E-state index in [0.717, 1.165) is 34.2 Å². The Balaban J connectivity index is 2.09. The SMILES string of the molecule is Cc1sc2nc(C3CSCCO3)nc(Cl)c2c1C. The number of hydrogen-bond acceptors (Lipinski definition) is 5. The van der Waals surface area contributed by atoms with Gasteiger partial charge in [0.2, 0.25) is 0 Å². The third-order valence-electron chi connectivity index (χ3n) is 3.11. The van der Waals surface area contributed by atoms with Crippen molar-refractivity contribution in [2.24, 2.45) is 0 Å². The number of thioether (sulfide) groups is 1. The molecule has 1 unspecified atom stereocenters. The standard InChI is InChI=1S/C12H13ClN2OS2/c1-6-7(2)18-12-9(6)10(13)14-11(15-12)8-5-17-4-3-16-8/h8H,3-5H2,1-2H3. The monoisotopic (exact) mass is 300 g/mol. The minimum absolute atomic E-state index is 0.0200. The molecule has 2 aromatic rings. The highest BCUT2D eigenvalue weighted by molar-refractivity contribution is 7.99. The van der Waals surface area contributed by atoms with Crippen LogP contribution < -0.4 is 0 Å². The van der Waals surface area contributed by atoms with E-state index in [1.54, 1.807) is 11.3 Å². The molecule has 3 nitrogen and oxygen atoms in total. The van der Waals surface area contributed by atoms with Crippen molar-refractivity contribution in [1.82, 2.24) is 9.97 Å². The summed E-state index contributed by atoms with van der Waals surface area (Å²) >= 11 is 9.84. The lowest BCUT2D eigenvalue weighted by atomic mass is 10.2. The Bertz CT molecular complexity index is 593. The number of ether oxygens (including phenoxy) is 1. The van der Waals surface area contributed by atoms with Crippen molar-refractivity contribution in [3.63, 3.8) is 0 Å². The summed E-state index contributed by atoms with van der Waals surface area (Å²) in [7, 11) is 0. The Morgan fingerprint density at radius 2 is 2.17 bits per heavy atom. The number of aryl methyl sites for hydroxylation is 2. The van der Waals surface area contributed by atoms with Crippen LogP contribution in [0.15, 0.2) is 0 Å². The van der Waals surface area contributed by atoms with Crippen molar-refractivity contribution in [2.45, 2.75) is 20.0 Å². The van der Waals surface area contributed by atoms with Gasteiger partial charge in [0.25, 0.3) is 0 Å². The Labute approximate surface area is 119 Å². The summed E-state index contributed by atoms with van der Waals surface area (Å²) in [5.41, 5.74) is 1.19. The van der Waals surface area contributed by atoms with E-state index in [4.69, 9.17) is 16.3 Å². The van der Waals surface area contributed by atoms with E-state index in [2.05, 4.69) is 23.8 Å². The van der Waals surface area contributed by atoms with Crippen molar-refractivity contribution in [3.8, 4) is 0 Å². The summed E-state index contributed by atoms with van der Waals surface area (Å²) in [5.74, 6) is 2.68. The molecule has 3 heterocycles. The zero-order valence-electron chi connectivity index (χ0n) is 10.2. The highest BCUT2D eigenvalue weighted by atomic mass is 35.5. The van der Waals surface area contributed by atoms with E-state index in [1.165, 1.54) is 10.4 Å². The second-order valence-electron chi connectivity index (χ2n) is 4.27. The highest BCUT2D eigenvalue weighted by Crippen LogP contribution is 2.35. The average Bonchev–Trinajstić information content (AvgIpc) is 2.66. The molecule has 0 aliphatic carbocycles. The van der Waals surface area contributed by atoms with Crippen LogP contribution in [0.1, 0.15) is 22.4 Å². The first-order valence-corrected chi connectivity index (χ1v) is 8.14. The molecule has 0 aromatic carbocycles. The summed E-state index contributed by atoms with van der Waals surface area (Å²) in [6.07, 6.45) is -0.0200. The van der Waals surface area contributed by atoms with Crippen LogP contribution in [0, 0.1) is 13.8 Å². The molecule has 96 valence electrons. The molecule has 0 amide bonds. The first kappa shape index (κ1) is 12.7. The van der Waals surface area contributed by atoms with Gasteiger partial charge in [0.1, 0.15) is 16.1 Å². The van der Waals surface area contributed by atoms with Gasteiger partial charge in [0.15, 0.2) is 5.82 Å². The number of rotatable bonds is 1.